The minimum atomic E-state index is -4.20. The van der Waals surface area contributed by atoms with Crippen molar-refractivity contribution >= 4 is 6.29 Å². The molecule has 0 aromatic heterocycles. The van der Waals surface area contributed by atoms with Crippen molar-refractivity contribution in [2.45, 2.75) is 25.4 Å². The van der Waals surface area contributed by atoms with E-state index in [0.717, 1.165) is 0 Å². The summed E-state index contributed by atoms with van der Waals surface area (Å²) in [4.78, 5) is 10.2. The Hall–Kier alpha value is -1.32. The Balaban J connectivity index is 2.81. The third-order valence-corrected chi connectivity index (χ3v) is 2.04. The molecule has 1 aromatic rings. The number of alkyl halides is 3. The summed E-state index contributed by atoms with van der Waals surface area (Å²) in [7, 11) is 0. The summed E-state index contributed by atoms with van der Waals surface area (Å²) in [6.45, 7) is 0. The summed E-state index contributed by atoms with van der Waals surface area (Å²) >= 11 is 0. The van der Waals surface area contributed by atoms with Crippen LogP contribution in [0.15, 0.2) is 24.3 Å². The second kappa shape index (κ2) is 4.96. The molecule has 0 heterocycles. The molecule has 1 rings (SSSR count). The van der Waals surface area contributed by atoms with Crippen LogP contribution in [-0.2, 0) is 17.6 Å². The Kier molecular flexibility index (Phi) is 3.88. The number of rotatable bonds is 4. The third-order valence-electron chi connectivity index (χ3n) is 2.04. The van der Waals surface area contributed by atoms with Gasteiger partial charge in [0, 0.05) is 6.42 Å². The van der Waals surface area contributed by atoms with E-state index in [-0.39, 0.29) is 12.0 Å². The van der Waals surface area contributed by atoms with Gasteiger partial charge in [-0.15, -0.1) is 0 Å². The molecular weight excluding hydrogens is 205 g/mol. The normalized spacial score (nSPS) is 11.4. The number of carbonyl (C=O) groups excluding carboxylic acids is 1. The van der Waals surface area contributed by atoms with E-state index in [0.29, 0.717) is 18.3 Å². The predicted octanol–water partition coefficient (Wildman–Crippen LogP) is 2.92. The number of benzene rings is 1. The van der Waals surface area contributed by atoms with E-state index in [1.165, 1.54) is 6.07 Å². The highest BCUT2D eigenvalue weighted by Gasteiger charge is 2.28. The quantitative estimate of drug-likeness (QED) is 0.707. The van der Waals surface area contributed by atoms with Crippen molar-refractivity contribution in [2.75, 3.05) is 0 Å². The van der Waals surface area contributed by atoms with E-state index in [1.807, 2.05) is 0 Å². The molecule has 0 N–H and O–H groups in total. The molecule has 1 nitrogen and oxygen atoms in total. The lowest BCUT2D eigenvalue weighted by Crippen LogP contribution is -2.13. The van der Waals surface area contributed by atoms with Gasteiger partial charge < -0.3 is 4.79 Å². The maximum atomic E-state index is 12.2. The van der Waals surface area contributed by atoms with Gasteiger partial charge in [-0.25, -0.2) is 0 Å². The van der Waals surface area contributed by atoms with Crippen molar-refractivity contribution in [1.82, 2.24) is 0 Å². The van der Waals surface area contributed by atoms with E-state index in [4.69, 9.17) is 0 Å². The summed E-state index contributed by atoms with van der Waals surface area (Å²) in [5, 5.41) is 0. The second-order valence-electron chi connectivity index (χ2n) is 3.27. The number of hydrogen-bond donors (Lipinski definition) is 0. The van der Waals surface area contributed by atoms with Crippen LogP contribution < -0.4 is 0 Å². The predicted molar refractivity (Wildman–Crippen MR) is 50.6 cm³/mol. The molecule has 0 aliphatic heterocycles. The Morgan fingerprint density at radius 2 is 1.73 bits per heavy atom. The van der Waals surface area contributed by atoms with E-state index < -0.39 is 12.6 Å². The van der Waals surface area contributed by atoms with Crippen LogP contribution in [0.25, 0.3) is 0 Å². The first-order valence-corrected chi connectivity index (χ1v) is 4.60. The van der Waals surface area contributed by atoms with Crippen LogP contribution in [-0.4, -0.2) is 12.5 Å². The van der Waals surface area contributed by atoms with E-state index in [9.17, 15) is 18.0 Å². The smallest absolute Gasteiger partial charge is 0.303 e. The summed E-state index contributed by atoms with van der Waals surface area (Å²) in [6, 6.07) is 6.34. The van der Waals surface area contributed by atoms with Gasteiger partial charge in [0.2, 0.25) is 0 Å². The van der Waals surface area contributed by atoms with Crippen molar-refractivity contribution in [3.8, 4) is 0 Å². The number of carbonyl (C=O) groups is 1. The molecule has 0 saturated heterocycles. The highest BCUT2D eigenvalue weighted by atomic mass is 19.4. The lowest BCUT2D eigenvalue weighted by atomic mass is 10.0. The average molecular weight is 216 g/mol. The van der Waals surface area contributed by atoms with Crippen LogP contribution in [0.4, 0.5) is 13.2 Å². The number of hydrogen-bond acceptors (Lipinski definition) is 1. The second-order valence-corrected chi connectivity index (χ2v) is 3.27. The Bertz CT molecular complexity index is 331. The third kappa shape index (κ3) is 4.14. The first kappa shape index (κ1) is 11.8. The topological polar surface area (TPSA) is 17.1 Å². The Morgan fingerprint density at radius 3 is 2.27 bits per heavy atom. The zero-order valence-electron chi connectivity index (χ0n) is 8.05. The molecule has 0 unspecified atom stereocenters. The molecule has 0 saturated carbocycles. The SMILES string of the molecule is O=CCCc1ccccc1CC(F)(F)F. The highest BCUT2D eigenvalue weighted by molar-refractivity contribution is 5.50. The molecule has 1 aromatic carbocycles. The van der Waals surface area contributed by atoms with E-state index in [2.05, 4.69) is 0 Å². The van der Waals surface area contributed by atoms with Gasteiger partial charge in [0.25, 0.3) is 0 Å². The standard InChI is InChI=1S/C11H11F3O/c12-11(13,14)8-10-5-2-1-4-9(10)6-3-7-15/h1-2,4-5,7H,3,6,8H2. The molecule has 82 valence electrons. The summed E-state index contributed by atoms with van der Waals surface area (Å²) in [5.41, 5.74) is 0.855. The summed E-state index contributed by atoms with van der Waals surface area (Å²) in [6.07, 6.45) is -3.78. The molecule has 0 radical (unpaired) electrons. The van der Waals surface area contributed by atoms with Gasteiger partial charge in [-0.1, -0.05) is 24.3 Å². The van der Waals surface area contributed by atoms with Crippen LogP contribution in [0.2, 0.25) is 0 Å². The molecule has 0 fully saturated rings. The number of aryl methyl sites for hydroxylation is 1. The number of halogens is 3. The molecule has 0 spiro atoms. The first-order valence-electron chi connectivity index (χ1n) is 4.60. The van der Waals surface area contributed by atoms with Crippen molar-refractivity contribution in [2.24, 2.45) is 0 Å². The molecule has 0 aliphatic carbocycles. The average Bonchev–Trinajstić information content (AvgIpc) is 2.14. The maximum absolute atomic E-state index is 12.2. The molecule has 0 atom stereocenters. The minimum Gasteiger partial charge on any atom is -0.303 e. The largest absolute Gasteiger partial charge is 0.393 e. The van der Waals surface area contributed by atoms with Gasteiger partial charge in [-0.2, -0.15) is 13.2 Å². The Morgan fingerprint density at radius 1 is 1.13 bits per heavy atom. The van der Waals surface area contributed by atoms with Crippen LogP contribution in [0.3, 0.4) is 0 Å². The fourth-order valence-electron chi connectivity index (χ4n) is 1.40. The van der Waals surface area contributed by atoms with E-state index in [1.54, 1.807) is 18.2 Å². The lowest BCUT2D eigenvalue weighted by Gasteiger charge is -2.10. The molecule has 0 aliphatic rings. The molecule has 15 heavy (non-hydrogen) atoms. The van der Waals surface area contributed by atoms with E-state index >= 15 is 0 Å². The monoisotopic (exact) mass is 216 g/mol. The van der Waals surface area contributed by atoms with Crippen molar-refractivity contribution in [1.29, 1.82) is 0 Å². The molecule has 0 amide bonds. The lowest BCUT2D eigenvalue weighted by molar-refractivity contribution is -0.127. The van der Waals surface area contributed by atoms with Gasteiger partial charge in [-0.05, 0) is 17.5 Å². The van der Waals surface area contributed by atoms with Crippen LogP contribution >= 0.6 is 0 Å². The highest BCUT2D eigenvalue weighted by Crippen LogP contribution is 2.23. The fraction of sp³-hybridized carbons (Fsp3) is 0.364. The zero-order valence-corrected chi connectivity index (χ0v) is 8.05. The molecule has 0 bridgehead atoms. The molecule has 4 heteroatoms. The zero-order chi connectivity index (χ0) is 11.3. The summed E-state index contributed by atoms with van der Waals surface area (Å²) in [5.74, 6) is 0. The Labute approximate surface area is 85.9 Å². The first-order chi connectivity index (χ1) is 7.03. The summed E-state index contributed by atoms with van der Waals surface area (Å²) < 4.78 is 36.5. The minimum absolute atomic E-state index is 0.256. The van der Waals surface area contributed by atoms with Crippen LogP contribution in [0, 0.1) is 0 Å². The van der Waals surface area contributed by atoms with Crippen molar-refractivity contribution in [3.63, 3.8) is 0 Å². The maximum Gasteiger partial charge on any atom is 0.393 e. The van der Waals surface area contributed by atoms with Gasteiger partial charge in [-0.3, -0.25) is 0 Å². The van der Waals surface area contributed by atoms with Gasteiger partial charge in [0.05, 0.1) is 6.42 Å². The van der Waals surface area contributed by atoms with Crippen molar-refractivity contribution < 1.29 is 18.0 Å². The van der Waals surface area contributed by atoms with Crippen LogP contribution in [0.1, 0.15) is 17.5 Å². The molecular formula is C11H11F3O. The number of aldehydes is 1. The van der Waals surface area contributed by atoms with Gasteiger partial charge >= 0.3 is 6.18 Å². The fourth-order valence-corrected chi connectivity index (χ4v) is 1.40. The van der Waals surface area contributed by atoms with Crippen LogP contribution in [0.5, 0.6) is 0 Å². The van der Waals surface area contributed by atoms with Gasteiger partial charge in [0.1, 0.15) is 6.29 Å². The van der Waals surface area contributed by atoms with Gasteiger partial charge in [0.15, 0.2) is 0 Å². The van der Waals surface area contributed by atoms with Crippen molar-refractivity contribution in [3.05, 3.63) is 35.4 Å².